The molecule has 0 aliphatic rings. The van der Waals surface area contributed by atoms with E-state index in [1.165, 1.54) is 6.26 Å². The Labute approximate surface area is 160 Å². The molecule has 3 aromatic rings. The molecule has 0 saturated heterocycles. The van der Waals surface area contributed by atoms with Gasteiger partial charge in [-0.05, 0) is 43.2 Å². The number of hydrogen-bond donors (Lipinski definition) is 2. The zero-order chi connectivity index (χ0) is 18.8. The van der Waals surface area contributed by atoms with Crippen molar-refractivity contribution in [2.75, 3.05) is 0 Å². The third kappa shape index (κ3) is 3.54. The molecule has 1 heterocycles. The van der Waals surface area contributed by atoms with Gasteiger partial charge in [0.05, 0.1) is 23.3 Å². The topological polar surface area (TPSA) is 71.3 Å². The van der Waals surface area contributed by atoms with Gasteiger partial charge in [-0.3, -0.25) is 20.4 Å². The summed E-state index contributed by atoms with van der Waals surface area (Å²) >= 11 is 12.3. The summed E-state index contributed by atoms with van der Waals surface area (Å²) in [5.74, 6) is -0.875. The first-order chi connectivity index (χ1) is 12.4. The van der Waals surface area contributed by atoms with Crippen molar-refractivity contribution in [1.29, 1.82) is 0 Å². The van der Waals surface area contributed by atoms with Gasteiger partial charge in [0.1, 0.15) is 5.58 Å². The number of carbonyl (C=O) groups excluding carboxylic acids is 2. The number of nitrogens with one attached hydrogen (secondary N) is 2. The molecule has 1 aromatic heterocycles. The number of furan rings is 1. The molecular weight excluding hydrogens is 375 g/mol. The van der Waals surface area contributed by atoms with E-state index in [1.807, 2.05) is 19.9 Å². The smallest absolute Gasteiger partial charge is 0.271 e. The molecule has 0 bridgehead atoms. The normalized spacial score (nSPS) is 10.8. The zero-order valence-corrected chi connectivity index (χ0v) is 15.7. The molecule has 0 fully saturated rings. The van der Waals surface area contributed by atoms with Crippen molar-refractivity contribution in [2.24, 2.45) is 0 Å². The third-order valence-electron chi connectivity index (χ3n) is 4.08. The van der Waals surface area contributed by atoms with Crippen LogP contribution < -0.4 is 10.9 Å². The van der Waals surface area contributed by atoms with Crippen LogP contribution in [0.2, 0.25) is 10.0 Å². The quantitative estimate of drug-likeness (QED) is 0.652. The standard InChI is InChI=1S/C19H16Cl2N2O3/c1-10-7-15-17(11(2)18(10)21)12(9-26-15)8-16(24)22-23-19(25)13-5-3-4-6-14(13)20/h3-7,9H,8H2,1-2H3,(H,22,24)(H,23,25). The minimum Gasteiger partial charge on any atom is -0.464 e. The maximum absolute atomic E-state index is 12.2. The number of halogens is 2. The third-order valence-corrected chi connectivity index (χ3v) is 4.99. The summed E-state index contributed by atoms with van der Waals surface area (Å²) in [6.45, 7) is 3.78. The average Bonchev–Trinajstić information content (AvgIpc) is 3.00. The molecule has 134 valence electrons. The summed E-state index contributed by atoms with van der Waals surface area (Å²) in [6, 6.07) is 8.42. The van der Waals surface area contributed by atoms with Crippen molar-refractivity contribution in [3.8, 4) is 0 Å². The second-order valence-corrected chi connectivity index (χ2v) is 6.71. The van der Waals surface area contributed by atoms with Crippen LogP contribution in [0.1, 0.15) is 27.0 Å². The minimum absolute atomic E-state index is 0.0377. The highest BCUT2D eigenvalue weighted by atomic mass is 35.5. The van der Waals surface area contributed by atoms with Crippen molar-refractivity contribution in [3.05, 3.63) is 68.9 Å². The van der Waals surface area contributed by atoms with Gasteiger partial charge in [0.2, 0.25) is 5.91 Å². The van der Waals surface area contributed by atoms with Gasteiger partial charge in [-0.2, -0.15) is 0 Å². The highest BCUT2D eigenvalue weighted by molar-refractivity contribution is 6.34. The molecule has 0 unspecified atom stereocenters. The van der Waals surface area contributed by atoms with Gasteiger partial charge in [-0.25, -0.2) is 0 Å². The number of carbonyl (C=O) groups is 2. The Bertz CT molecular complexity index is 1010. The van der Waals surface area contributed by atoms with Gasteiger partial charge < -0.3 is 4.42 Å². The second kappa shape index (κ2) is 7.40. The van der Waals surface area contributed by atoms with Crippen molar-refractivity contribution in [2.45, 2.75) is 20.3 Å². The molecule has 2 amide bonds. The molecular formula is C19H16Cl2N2O3. The van der Waals surface area contributed by atoms with Gasteiger partial charge in [0, 0.05) is 16.0 Å². The van der Waals surface area contributed by atoms with Gasteiger partial charge >= 0.3 is 0 Å². The minimum atomic E-state index is -0.490. The predicted octanol–water partition coefficient (Wildman–Crippen LogP) is 4.36. The lowest BCUT2D eigenvalue weighted by Crippen LogP contribution is -2.42. The van der Waals surface area contributed by atoms with E-state index in [1.54, 1.807) is 24.3 Å². The largest absolute Gasteiger partial charge is 0.464 e. The number of hydrazine groups is 1. The Kier molecular flexibility index (Phi) is 5.20. The molecule has 0 aliphatic carbocycles. The van der Waals surface area contributed by atoms with E-state index in [4.69, 9.17) is 27.6 Å². The van der Waals surface area contributed by atoms with Gasteiger partial charge in [0.25, 0.3) is 5.91 Å². The first kappa shape index (κ1) is 18.3. The molecule has 7 heteroatoms. The number of amides is 2. The van der Waals surface area contributed by atoms with Gasteiger partial charge in [-0.1, -0.05) is 35.3 Å². The van der Waals surface area contributed by atoms with E-state index in [0.29, 0.717) is 21.2 Å². The molecule has 0 saturated carbocycles. The maximum atomic E-state index is 12.2. The highest BCUT2D eigenvalue weighted by Crippen LogP contribution is 2.32. The summed E-state index contributed by atoms with van der Waals surface area (Å²) in [4.78, 5) is 24.3. The lowest BCUT2D eigenvalue weighted by molar-refractivity contribution is -0.121. The highest BCUT2D eigenvalue weighted by Gasteiger charge is 2.16. The molecule has 2 aromatic carbocycles. The molecule has 0 spiro atoms. The van der Waals surface area contributed by atoms with E-state index in [2.05, 4.69) is 10.9 Å². The van der Waals surface area contributed by atoms with Gasteiger partial charge in [-0.15, -0.1) is 0 Å². The molecule has 2 N–H and O–H groups in total. The van der Waals surface area contributed by atoms with E-state index in [0.717, 1.165) is 16.5 Å². The van der Waals surface area contributed by atoms with Gasteiger partial charge in [0.15, 0.2) is 0 Å². The molecule has 0 aliphatic heterocycles. The monoisotopic (exact) mass is 390 g/mol. The first-order valence-corrected chi connectivity index (χ1v) is 8.63. The summed E-state index contributed by atoms with van der Waals surface area (Å²) in [5, 5.41) is 1.77. The fraction of sp³-hybridized carbons (Fsp3) is 0.158. The molecule has 0 atom stereocenters. The Balaban J connectivity index is 1.71. The predicted molar refractivity (Wildman–Crippen MR) is 101 cm³/mol. The van der Waals surface area contributed by atoms with Crippen molar-refractivity contribution >= 4 is 46.0 Å². The summed E-state index contributed by atoms with van der Waals surface area (Å²) in [6.07, 6.45) is 1.57. The summed E-state index contributed by atoms with van der Waals surface area (Å²) in [7, 11) is 0. The number of aryl methyl sites for hydroxylation is 2. The van der Waals surface area contributed by atoms with Crippen LogP contribution in [0.5, 0.6) is 0 Å². The van der Waals surface area contributed by atoms with Crippen LogP contribution in [0.3, 0.4) is 0 Å². The fourth-order valence-corrected chi connectivity index (χ4v) is 3.17. The number of hydrogen-bond acceptors (Lipinski definition) is 3. The first-order valence-electron chi connectivity index (χ1n) is 7.88. The van der Waals surface area contributed by atoms with Crippen LogP contribution in [0, 0.1) is 13.8 Å². The molecule has 26 heavy (non-hydrogen) atoms. The lowest BCUT2D eigenvalue weighted by Gasteiger charge is -2.09. The molecule has 5 nitrogen and oxygen atoms in total. The van der Waals surface area contributed by atoms with Crippen LogP contribution in [0.4, 0.5) is 0 Å². The lowest BCUT2D eigenvalue weighted by atomic mass is 10.0. The number of rotatable bonds is 3. The van der Waals surface area contributed by atoms with E-state index < -0.39 is 5.91 Å². The van der Waals surface area contributed by atoms with Crippen LogP contribution in [0.25, 0.3) is 11.0 Å². The maximum Gasteiger partial charge on any atom is 0.271 e. The van der Waals surface area contributed by atoms with Crippen molar-refractivity contribution < 1.29 is 14.0 Å². The molecule has 3 rings (SSSR count). The second-order valence-electron chi connectivity index (χ2n) is 5.93. The Morgan fingerprint density at radius 2 is 1.85 bits per heavy atom. The summed E-state index contributed by atoms with van der Waals surface area (Å²) in [5.41, 5.74) is 8.16. The fourth-order valence-electron chi connectivity index (χ4n) is 2.79. The van der Waals surface area contributed by atoms with E-state index in [9.17, 15) is 9.59 Å². The Morgan fingerprint density at radius 1 is 1.12 bits per heavy atom. The van der Waals surface area contributed by atoms with E-state index in [-0.39, 0.29) is 17.9 Å². The van der Waals surface area contributed by atoms with Crippen LogP contribution >= 0.6 is 23.2 Å². The number of benzene rings is 2. The molecule has 0 radical (unpaired) electrons. The van der Waals surface area contributed by atoms with Crippen LogP contribution in [0.15, 0.2) is 41.0 Å². The number of fused-ring (bicyclic) bond motifs is 1. The Hall–Kier alpha value is -2.50. The summed E-state index contributed by atoms with van der Waals surface area (Å²) < 4.78 is 5.53. The SMILES string of the molecule is Cc1cc2occ(CC(=O)NNC(=O)c3ccccc3Cl)c2c(C)c1Cl. The van der Waals surface area contributed by atoms with E-state index >= 15 is 0 Å². The van der Waals surface area contributed by atoms with Crippen LogP contribution in [-0.4, -0.2) is 11.8 Å². The van der Waals surface area contributed by atoms with Crippen molar-refractivity contribution in [1.82, 2.24) is 10.9 Å². The van der Waals surface area contributed by atoms with Crippen LogP contribution in [-0.2, 0) is 11.2 Å². The van der Waals surface area contributed by atoms with Crippen molar-refractivity contribution in [3.63, 3.8) is 0 Å². The average molecular weight is 391 g/mol. The Morgan fingerprint density at radius 3 is 2.58 bits per heavy atom. The zero-order valence-electron chi connectivity index (χ0n) is 14.2.